The van der Waals surface area contributed by atoms with Crippen LogP contribution in [0.3, 0.4) is 0 Å². The lowest BCUT2D eigenvalue weighted by molar-refractivity contribution is -0.200. The molecule has 4 aliphatic rings. The van der Waals surface area contributed by atoms with Gasteiger partial charge in [-0.1, -0.05) is 6.07 Å². The Bertz CT molecular complexity index is 468. The van der Waals surface area contributed by atoms with E-state index in [4.69, 9.17) is 9.72 Å². The van der Waals surface area contributed by atoms with Crippen molar-refractivity contribution in [3.63, 3.8) is 0 Å². The summed E-state index contributed by atoms with van der Waals surface area (Å²) in [6.45, 7) is 2.19. The fourth-order valence-electron chi connectivity index (χ4n) is 5.60. The van der Waals surface area contributed by atoms with Crippen molar-refractivity contribution >= 4 is 0 Å². The monoisotopic (exact) mass is 257 g/mol. The topological polar surface area (TPSA) is 22.1 Å². The van der Waals surface area contributed by atoms with Crippen LogP contribution in [-0.4, -0.2) is 12.1 Å². The Hall–Kier alpha value is -0.890. The minimum absolute atomic E-state index is 0.0846. The SMILES string of the molecule is COC1(c2ncccc2C)C2CC3CC(C2)CC1C3. The lowest BCUT2D eigenvalue weighted by atomic mass is 9.49. The third-order valence-corrected chi connectivity index (χ3v) is 6.07. The van der Waals surface area contributed by atoms with E-state index in [9.17, 15) is 0 Å². The van der Waals surface area contributed by atoms with E-state index in [1.165, 1.54) is 43.4 Å². The van der Waals surface area contributed by atoms with Crippen LogP contribution in [0.5, 0.6) is 0 Å². The lowest BCUT2D eigenvalue weighted by Gasteiger charge is -2.60. The summed E-state index contributed by atoms with van der Waals surface area (Å²) in [6.07, 6.45) is 8.85. The molecule has 102 valence electrons. The van der Waals surface area contributed by atoms with Crippen LogP contribution in [0.15, 0.2) is 18.3 Å². The molecule has 2 nitrogen and oxygen atoms in total. The number of methoxy groups -OCH3 is 1. The van der Waals surface area contributed by atoms with Gasteiger partial charge in [-0.15, -0.1) is 0 Å². The quantitative estimate of drug-likeness (QED) is 0.806. The standard InChI is InChI=1S/C17H23NO/c1-11-4-3-5-18-16(11)17(19-2)14-7-12-6-13(9-14)10-15(17)8-12/h3-5,12-15H,6-10H2,1-2H3. The van der Waals surface area contributed by atoms with E-state index in [1.54, 1.807) is 0 Å². The van der Waals surface area contributed by atoms with Gasteiger partial charge < -0.3 is 4.74 Å². The Kier molecular flexibility index (Phi) is 2.54. The second kappa shape index (κ2) is 4.05. The molecule has 0 aliphatic heterocycles. The largest absolute Gasteiger partial charge is 0.371 e. The minimum Gasteiger partial charge on any atom is -0.371 e. The van der Waals surface area contributed by atoms with Crippen LogP contribution >= 0.6 is 0 Å². The van der Waals surface area contributed by atoms with Gasteiger partial charge in [0.25, 0.3) is 0 Å². The maximum atomic E-state index is 6.22. The van der Waals surface area contributed by atoms with E-state index < -0.39 is 0 Å². The van der Waals surface area contributed by atoms with E-state index in [2.05, 4.69) is 13.0 Å². The van der Waals surface area contributed by atoms with Gasteiger partial charge in [-0.3, -0.25) is 4.98 Å². The van der Waals surface area contributed by atoms with E-state index in [1.807, 2.05) is 19.4 Å². The maximum absolute atomic E-state index is 6.22. The highest BCUT2D eigenvalue weighted by molar-refractivity contribution is 5.29. The van der Waals surface area contributed by atoms with Crippen molar-refractivity contribution in [3.05, 3.63) is 29.6 Å². The van der Waals surface area contributed by atoms with Crippen LogP contribution in [0.25, 0.3) is 0 Å². The molecule has 0 saturated heterocycles. The Morgan fingerprint density at radius 2 is 1.74 bits per heavy atom. The molecule has 4 fully saturated rings. The predicted octanol–water partition coefficient (Wildman–Crippen LogP) is 3.69. The van der Waals surface area contributed by atoms with Gasteiger partial charge in [0, 0.05) is 13.3 Å². The van der Waals surface area contributed by atoms with Crippen LogP contribution < -0.4 is 0 Å². The van der Waals surface area contributed by atoms with Crippen molar-refractivity contribution in [3.8, 4) is 0 Å². The number of ether oxygens (including phenoxy) is 1. The average Bonchev–Trinajstić information content (AvgIpc) is 2.40. The number of aryl methyl sites for hydroxylation is 1. The van der Waals surface area contributed by atoms with Gasteiger partial charge in [-0.2, -0.15) is 0 Å². The molecular weight excluding hydrogens is 234 g/mol. The maximum Gasteiger partial charge on any atom is 0.115 e. The van der Waals surface area contributed by atoms with Crippen molar-refractivity contribution in [1.82, 2.24) is 4.98 Å². The molecule has 1 aromatic heterocycles. The van der Waals surface area contributed by atoms with Crippen molar-refractivity contribution < 1.29 is 4.74 Å². The average molecular weight is 257 g/mol. The number of hydrogen-bond acceptors (Lipinski definition) is 2. The Morgan fingerprint density at radius 3 is 2.26 bits per heavy atom. The zero-order chi connectivity index (χ0) is 13.0. The van der Waals surface area contributed by atoms with Crippen LogP contribution in [0.1, 0.15) is 43.4 Å². The number of rotatable bonds is 2. The molecular formula is C17H23NO. The molecule has 5 rings (SSSR count). The molecule has 0 radical (unpaired) electrons. The predicted molar refractivity (Wildman–Crippen MR) is 74.7 cm³/mol. The summed E-state index contributed by atoms with van der Waals surface area (Å²) < 4.78 is 6.22. The molecule has 0 unspecified atom stereocenters. The van der Waals surface area contributed by atoms with Crippen molar-refractivity contribution in [2.45, 2.75) is 44.6 Å². The van der Waals surface area contributed by atoms with Crippen molar-refractivity contribution in [2.75, 3.05) is 7.11 Å². The van der Waals surface area contributed by atoms with Gasteiger partial charge >= 0.3 is 0 Å². The molecule has 1 aromatic rings. The number of pyridine rings is 1. The first kappa shape index (κ1) is 11.9. The highest BCUT2D eigenvalue weighted by atomic mass is 16.5. The van der Waals surface area contributed by atoms with Crippen molar-refractivity contribution in [2.24, 2.45) is 23.7 Å². The summed E-state index contributed by atoms with van der Waals surface area (Å²) in [5.74, 6) is 3.33. The summed E-state index contributed by atoms with van der Waals surface area (Å²) in [7, 11) is 1.91. The lowest BCUT2D eigenvalue weighted by Crippen LogP contribution is -2.57. The molecule has 2 heteroatoms. The Morgan fingerprint density at radius 1 is 1.11 bits per heavy atom. The summed E-state index contributed by atoms with van der Waals surface area (Å²) in [5.41, 5.74) is 2.45. The summed E-state index contributed by atoms with van der Waals surface area (Å²) >= 11 is 0. The fraction of sp³-hybridized carbons (Fsp3) is 0.706. The first-order chi connectivity index (χ1) is 9.24. The van der Waals surface area contributed by atoms with E-state index in [-0.39, 0.29) is 5.60 Å². The van der Waals surface area contributed by atoms with Gasteiger partial charge in [0.05, 0.1) is 5.69 Å². The molecule has 0 N–H and O–H groups in total. The normalized spacial score (nSPS) is 43.7. The highest BCUT2D eigenvalue weighted by Crippen LogP contribution is 2.63. The third-order valence-electron chi connectivity index (χ3n) is 6.07. The van der Waals surface area contributed by atoms with Gasteiger partial charge in [-0.25, -0.2) is 0 Å². The Balaban J connectivity index is 1.84. The number of aromatic nitrogens is 1. The zero-order valence-electron chi connectivity index (χ0n) is 11.9. The first-order valence-corrected chi connectivity index (χ1v) is 7.71. The molecule has 4 bridgehead atoms. The molecule has 4 saturated carbocycles. The minimum atomic E-state index is -0.0846. The van der Waals surface area contributed by atoms with Crippen LogP contribution in [0.2, 0.25) is 0 Å². The summed E-state index contributed by atoms with van der Waals surface area (Å²) in [5, 5.41) is 0. The van der Waals surface area contributed by atoms with Gasteiger partial charge in [0.2, 0.25) is 0 Å². The second-order valence-electron chi connectivity index (χ2n) is 6.97. The van der Waals surface area contributed by atoms with Crippen LogP contribution in [-0.2, 0) is 10.3 Å². The molecule has 4 aliphatic carbocycles. The highest BCUT2D eigenvalue weighted by Gasteiger charge is 2.59. The molecule has 19 heavy (non-hydrogen) atoms. The molecule has 0 spiro atoms. The van der Waals surface area contributed by atoms with Crippen molar-refractivity contribution in [1.29, 1.82) is 0 Å². The number of hydrogen-bond donors (Lipinski definition) is 0. The van der Waals surface area contributed by atoms with Gasteiger partial charge in [0.15, 0.2) is 0 Å². The first-order valence-electron chi connectivity index (χ1n) is 7.71. The second-order valence-corrected chi connectivity index (χ2v) is 6.97. The smallest absolute Gasteiger partial charge is 0.115 e. The Labute approximate surface area is 115 Å². The molecule has 0 aromatic carbocycles. The van der Waals surface area contributed by atoms with Crippen LogP contribution in [0, 0.1) is 30.6 Å². The molecule has 0 atom stereocenters. The van der Waals surface area contributed by atoms with E-state index in [0.29, 0.717) is 11.8 Å². The fourth-order valence-corrected chi connectivity index (χ4v) is 5.60. The van der Waals surface area contributed by atoms with Gasteiger partial charge in [0.1, 0.15) is 5.60 Å². The van der Waals surface area contributed by atoms with Crippen LogP contribution in [0.4, 0.5) is 0 Å². The van der Waals surface area contributed by atoms with E-state index in [0.717, 1.165) is 11.8 Å². The zero-order valence-corrected chi connectivity index (χ0v) is 11.9. The molecule has 1 heterocycles. The van der Waals surface area contributed by atoms with Gasteiger partial charge in [-0.05, 0) is 74.3 Å². The summed E-state index contributed by atoms with van der Waals surface area (Å²) in [6, 6.07) is 4.23. The summed E-state index contributed by atoms with van der Waals surface area (Å²) in [4.78, 5) is 4.74. The molecule has 0 amide bonds. The number of nitrogens with zero attached hydrogens (tertiary/aromatic N) is 1. The third kappa shape index (κ3) is 1.50. The van der Waals surface area contributed by atoms with E-state index >= 15 is 0 Å².